The van der Waals surface area contributed by atoms with Gasteiger partial charge in [0.2, 0.25) is 10.0 Å². The Morgan fingerprint density at radius 3 is 2.08 bits per heavy atom. The van der Waals surface area contributed by atoms with Crippen molar-refractivity contribution in [3.8, 4) is 0 Å². The highest BCUT2D eigenvalue weighted by atomic mass is 32.2. The highest BCUT2D eigenvalue weighted by Crippen LogP contribution is 2.17. The number of hydrogen-bond donors (Lipinski definition) is 1. The number of rotatable bonds is 8. The molecule has 0 saturated heterocycles. The fourth-order valence-electron chi connectivity index (χ4n) is 2.58. The number of sulfonamides is 1. The molecule has 0 atom stereocenters. The van der Waals surface area contributed by atoms with Gasteiger partial charge in [-0.15, -0.1) is 0 Å². The number of hydrogen-bond acceptors (Lipinski definition) is 3. The number of nitrogens with one attached hydrogen (secondary N) is 1. The lowest BCUT2D eigenvalue weighted by atomic mass is 10.0. The third-order valence-corrected chi connectivity index (χ3v) is 5.72. The summed E-state index contributed by atoms with van der Waals surface area (Å²) in [5, 5.41) is 0. The lowest BCUT2D eigenvalue weighted by Gasteiger charge is -2.12. The average Bonchev–Trinajstić information content (AvgIpc) is 2.59. The fourth-order valence-corrected chi connectivity index (χ4v) is 3.65. The summed E-state index contributed by atoms with van der Waals surface area (Å²) < 4.78 is 27.3. The lowest BCUT2D eigenvalue weighted by Crippen LogP contribution is -2.25. The Labute approximate surface area is 151 Å². The van der Waals surface area contributed by atoms with Gasteiger partial charge in [0.05, 0.1) is 4.90 Å². The van der Waals surface area contributed by atoms with E-state index in [2.05, 4.69) is 47.7 Å². The molecule has 0 aliphatic rings. The van der Waals surface area contributed by atoms with Crippen LogP contribution in [0, 0.1) is 0 Å². The Bertz CT molecular complexity index is 764. The molecule has 2 aromatic carbocycles. The molecule has 0 fully saturated rings. The summed E-state index contributed by atoms with van der Waals surface area (Å²) in [6.45, 7) is 4.61. The Morgan fingerprint density at radius 2 is 1.56 bits per heavy atom. The van der Waals surface area contributed by atoms with Crippen molar-refractivity contribution < 1.29 is 8.42 Å². The van der Waals surface area contributed by atoms with Gasteiger partial charge in [-0.05, 0) is 54.2 Å². The number of anilines is 1. The first kappa shape index (κ1) is 19.5. The molecule has 0 aliphatic heterocycles. The van der Waals surface area contributed by atoms with Crippen molar-refractivity contribution in [3.63, 3.8) is 0 Å². The standard InChI is InChI=1S/C20H28N2O2S/c1-16(2)18-9-13-20(14-10-18)25(23,24)21-15-5-6-17-7-11-19(12-8-17)22(3)4/h7-14,16,21H,5-6,15H2,1-4H3. The second-order valence-corrected chi connectivity index (χ2v) is 8.55. The quantitative estimate of drug-likeness (QED) is 0.729. The molecule has 0 amide bonds. The van der Waals surface area contributed by atoms with E-state index < -0.39 is 10.0 Å². The molecule has 5 heteroatoms. The minimum Gasteiger partial charge on any atom is -0.378 e. The average molecular weight is 361 g/mol. The molecule has 0 aliphatic carbocycles. The largest absolute Gasteiger partial charge is 0.378 e. The van der Waals surface area contributed by atoms with Gasteiger partial charge < -0.3 is 4.90 Å². The summed E-state index contributed by atoms with van der Waals surface area (Å²) in [4.78, 5) is 2.38. The second-order valence-electron chi connectivity index (χ2n) is 6.79. The Hall–Kier alpha value is -1.85. The van der Waals surface area contributed by atoms with Gasteiger partial charge >= 0.3 is 0 Å². The maximum absolute atomic E-state index is 12.3. The number of aryl methyl sites for hydroxylation is 1. The molecular weight excluding hydrogens is 332 g/mol. The van der Waals surface area contributed by atoms with E-state index in [0.717, 1.165) is 24.1 Å². The maximum atomic E-state index is 12.3. The minimum atomic E-state index is -3.43. The Morgan fingerprint density at radius 1 is 0.960 bits per heavy atom. The van der Waals surface area contributed by atoms with Gasteiger partial charge in [-0.1, -0.05) is 38.1 Å². The monoisotopic (exact) mass is 360 g/mol. The topological polar surface area (TPSA) is 49.4 Å². The second kappa shape index (κ2) is 8.50. The molecule has 0 saturated carbocycles. The van der Waals surface area contributed by atoms with Crippen LogP contribution in [-0.2, 0) is 16.4 Å². The van der Waals surface area contributed by atoms with Crippen LogP contribution < -0.4 is 9.62 Å². The van der Waals surface area contributed by atoms with Crippen molar-refractivity contribution in [2.24, 2.45) is 0 Å². The highest BCUT2D eigenvalue weighted by Gasteiger charge is 2.13. The van der Waals surface area contributed by atoms with Crippen LogP contribution in [0.2, 0.25) is 0 Å². The fraction of sp³-hybridized carbons (Fsp3) is 0.400. The Balaban J connectivity index is 1.85. The first-order valence-corrected chi connectivity index (χ1v) is 10.1. The molecule has 0 spiro atoms. The SMILES string of the molecule is CC(C)c1ccc(S(=O)(=O)NCCCc2ccc(N(C)C)cc2)cc1. The van der Waals surface area contributed by atoms with Crippen LogP contribution in [0.5, 0.6) is 0 Å². The first-order valence-electron chi connectivity index (χ1n) is 8.65. The molecule has 0 aromatic heterocycles. The summed E-state index contributed by atoms with van der Waals surface area (Å²) in [5.41, 5.74) is 3.51. The normalized spacial score (nSPS) is 11.7. The first-order chi connectivity index (χ1) is 11.8. The zero-order chi connectivity index (χ0) is 18.4. The van der Waals surface area contributed by atoms with Gasteiger partial charge in [0.25, 0.3) is 0 Å². The van der Waals surface area contributed by atoms with E-state index in [9.17, 15) is 8.42 Å². The summed E-state index contributed by atoms with van der Waals surface area (Å²) in [6, 6.07) is 15.5. The van der Waals surface area contributed by atoms with Crippen LogP contribution in [-0.4, -0.2) is 29.1 Å². The molecule has 2 aromatic rings. The van der Waals surface area contributed by atoms with E-state index in [1.807, 2.05) is 26.2 Å². The van der Waals surface area contributed by atoms with Crippen molar-refractivity contribution in [2.45, 2.75) is 37.5 Å². The molecule has 0 heterocycles. The molecule has 0 radical (unpaired) electrons. The molecule has 4 nitrogen and oxygen atoms in total. The summed E-state index contributed by atoms with van der Waals surface area (Å²) >= 11 is 0. The van der Waals surface area contributed by atoms with Gasteiger partial charge in [-0.3, -0.25) is 0 Å². The highest BCUT2D eigenvalue weighted by molar-refractivity contribution is 7.89. The predicted octanol–water partition coefficient (Wildman–Crippen LogP) is 3.79. The van der Waals surface area contributed by atoms with E-state index in [4.69, 9.17) is 0 Å². The Kier molecular flexibility index (Phi) is 6.62. The van der Waals surface area contributed by atoms with Crippen LogP contribution in [0.15, 0.2) is 53.4 Å². The van der Waals surface area contributed by atoms with E-state index in [1.165, 1.54) is 5.56 Å². The molecular formula is C20H28N2O2S. The van der Waals surface area contributed by atoms with Crippen LogP contribution in [0.4, 0.5) is 5.69 Å². The van der Waals surface area contributed by atoms with E-state index in [1.54, 1.807) is 12.1 Å². The van der Waals surface area contributed by atoms with Crippen molar-refractivity contribution in [1.29, 1.82) is 0 Å². The third kappa shape index (κ3) is 5.58. The van der Waals surface area contributed by atoms with Crippen LogP contribution >= 0.6 is 0 Å². The summed E-state index contributed by atoms with van der Waals surface area (Å²) in [6.07, 6.45) is 1.62. The number of nitrogens with zero attached hydrogens (tertiary/aromatic N) is 1. The van der Waals surface area contributed by atoms with Crippen molar-refractivity contribution in [3.05, 3.63) is 59.7 Å². The van der Waals surface area contributed by atoms with Crippen molar-refractivity contribution in [1.82, 2.24) is 4.72 Å². The van der Waals surface area contributed by atoms with Gasteiger partial charge in [0.15, 0.2) is 0 Å². The zero-order valence-corrected chi connectivity index (χ0v) is 16.3. The third-order valence-electron chi connectivity index (χ3n) is 4.24. The van der Waals surface area contributed by atoms with Gasteiger partial charge in [-0.25, -0.2) is 13.1 Å². The predicted molar refractivity (Wildman–Crippen MR) is 105 cm³/mol. The zero-order valence-electron chi connectivity index (χ0n) is 15.5. The van der Waals surface area contributed by atoms with E-state index >= 15 is 0 Å². The van der Waals surface area contributed by atoms with E-state index in [0.29, 0.717) is 17.4 Å². The van der Waals surface area contributed by atoms with Gasteiger partial charge in [0.1, 0.15) is 0 Å². The molecule has 25 heavy (non-hydrogen) atoms. The molecule has 2 rings (SSSR count). The van der Waals surface area contributed by atoms with Gasteiger partial charge in [0, 0.05) is 26.3 Å². The summed E-state index contributed by atoms with van der Waals surface area (Å²) in [7, 11) is 0.591. The van der Waals surface area contributed by atoms with Crippen molar-refractivity contribution >= 4 is 15.7 Å². The minimum absolute atomic E-state index is 0.326. The van der Waals surface area contributed by atoms with Gasteiger partial charge in [-0.2, -0.15) is 0 Å². The smallest absolute Gasteiger partial charge is 0.240 e. The van der Waals surface area contributed by atoms with E-state index in [-0.39, 0.29) is 0 Å². The lowest BCUT2D eigenvalue weighted by molar-refractivity contribution is 0.579. The molecule has 0 unspecified atom stereocenters. The summed E-state index contributed by atoms with van der Waals surface area (Å²) in [5.74, 6) is 0.392. The van der Waals surface area contributed by atoms with Crippen LogP contribution in [0.25, 0.3) is 0 Å². The molecule has 1 N–H and O–H groups in total. The molecule has 136 valence electrons. The van der Waals surface area contributed by atoms with Crippen LogP contribution in [0.3, 0.4) is 0 Å². The number of benzene rings is 2. The molecule has 0 bridgehead atoms. The van der Waals surface area contributed by atoms with Crippen molar-refractivity contribution in [2.75, 3.05) is 25.5 Å². The van der Waals surface area contributed by atoms with Crippen LogP contribution in [0.1, 0.15) is 37.3 Å². The maximum Gasteiger partial charge on any atom is 0.240 e.